The van der Waals surface area contributed by atoms with E-state index >= 15 is 0 Å². The molecule has 0 aliphatic heterocycles. The van der Waals surface area contributed by atoms with Gasteiger partial charge in [-0.1, -0.05) is 23.9 Å². The van der Waals surface area contributed by atoms with Crippen LogP contribution in [0.25, 0.3) is 0 Å². The van der Waals surface area contributed by atoms with Crippen LogP contribution in [-0.2, 0) is 0 Å². The Morgan fingerprint density at radius 1 is 1.56 bits per heavy atom. The van der Waals surface area contributed by atoms with Crippen LogP contribution >= 0.6 is 12.2 Å². The van der Waals surface area contributed by atoms with Crippen LogP contribution in [0, 0.1) is 6.08 Å². The molecule has 0 atom stereocenters. The number of allylic oxidation sites excluding steroid dienone is 4. The van der Waals surface area contributed by atoms with Crippen LogP contribution in [0.4, 0.5) is 0 Å². The highest BCUT2D eigenvalue weighted by atomic mass is 32.1. The van der Waals surface area contributed by atoms with Crippen LogP contribution in [-0.4, -0.2) is 4.86 Å². The molecule has 0 nitrogen and oxygen atoms in total. The van der Waals surface area contributed by atoms with Crippen molar-refractivity contribution in [1.82, 2.24) is 0 Å². The Bertz CT molecular complexity index is 197. The molecule has 47 valence electrons. The topological polar surface area (TPSA) is 0 Å². The van der Waals surface area contributed by atoms with Crippen LogP contribution in [0.3, 0.4) is 0 Å². The second kappa shape index (κ2) is 2.44. The highest BCUT2D eigenvalue weighted by molar-refractivity contribution is 7.80. The van der Waals surface area contributed by atoms with Crippen molar-refractivity contribution in [2.24, 2.45) is 0 Å². The lowest BCUT2D eigenvalue weighted by atomic mass is 10.0. The zero-order valence-corrected chi connectivity index (χ0v) is 6.51. The van der Waals surface area contributed by atoms with Crippen molar-refractivity contribution in [2.45, 2.75) is 20.3 Å². The zero-order chi connectivity index (χ0) is 6.85. The lowest BCUT2D eigenvalue weighted by Gasteiger charge is -2.07. The molecule has 0 aromatic heterocycles. The number of hydrogen-bond donors (Lipinski definition) is 0. The molecule has 1 aliphatic rings. The molecule has 0 unspecified atom stereocenters. The van der Waals surface area contributed by atoms with E-state index in [-0.39, 0.29) is 0 Å². The standard InChI is InChI=1S/C8H9S/c1-6-3-4-7(2)8(9)5-6/h3H,5H2,1-2H3. The van der Waals surface area contributed by atoms with Gasteiger partial charge in [-0.25, -0.2) is 0 Å². The lowest BCUT2D eigenvalue weighted by molar-refractivity contribution is 1.24. The summed E-state index contributed by atoms with van der Waals surface area (Å²) in [5.41, 5.74) is 2.43. The second-order valence-electron chi connectivity index (χ2n) is 2.36. The third kappa shape index (κ3) is 1.49. The minimum Gasteiger partial charge on any atom is -0.0843 e. The molecule has 0 spiro atoms. The van der Waals surface area contributed by atoms with Gasteiger partial charge < -0.3 is 0 Å². The molecule has 1 heteroatoms. The predicted molar refractivity (Wildman–Crippen MR) is 43.4 cm³/mol. The number of thiocarbonyl (C=S) groups is 1. The van der Waals surface area contributed by atoms with Crippen molar-refractivity contribution >= 4 is 17.1 Å². The van der Waals surface area contributed by atoms with E-state index in [2.05, 4.69) is 13.0 Å². The maximum atomic E-state index is 5.07. The van der Waals surface area contributed by atoms with Crippen LogP contribution in [0.15, 0.2) is 17.2 Å². The molecule has 0 bridgehead atoms. The summed E-state index contributed by atoms with van der Waals surface area (Å²) in [6, 6.07) is 0. The third-order valence-corrected chi connectivity index (χ3v) is 1.84. The molecule has 0 aromatic rings. The van der Waals surface area contributed by atoms with Gasteiger partial charge >= 0.3 is 0 Å². The SMILES string of the molecule is CC1=[C]C=C(C)CC1=S. The van der Waals surface area contributed by atoms with Gasteiger partial charge in [0.1, 0.15) is 0 Å². The fraction of sp³-hybridized carbons (Fsp3) is 0.375. The molecule has 0 N–H and O–H groups in total. The Morgan fingerprint density at radius 3 is 2.67 bits per heavy atom. The molecule has 0 fully saturated rings. The van der Waals surface area contributed by atoms with Gasteiger partial charge in [-0.2, -0.15) is 0 Å². The van der Waals surface area contributed by atoms with Gasteiger partial charge in [0.05, 0.1) is 0 Å². The van der Waals surface area contributed by atoms with E-state index in [1.807, 2.05) is 13.0 Å². The Morgan fingerprint density at radius 2 is 2.22 bits per heavy atom. The van der Waals surface area contributed by atoms with Gasteiger partial charge in [-0.05, 0) is 25.5 Å². The highest BCUT2D eigenvalue weighted by Crippen LogP contribution is 2.13. The van der Waals surface area contributed by atoms with Crippen molar-refractivity contribution < 1.29 is 0 Å². The second-order valence-corrected chi connectivity index (χ2v) is 2.85. The molecule has 0 amide bonds. The average Bonchev–Trinajstić information content (AvgIpc) is 1.80. The molecule has 0 saturated carbocycles. The number of rotatable bonds is 0. The van der Waals surface area contributed by atoms with E-state index in [4.69, 9.17) is 12.2 Å². The molecular weight excluding hydrogens is 128 g/mol. The Hall–Kier alpha value is -0.430. The van der Waals surface area contributed by atoms with E-state index < -0.39 is 0 Å². The minimum absolute atomic E-state index is 0.953. The Kier molecular flexibility index (Phi) is 1.81. The maximum absolute atomic E-state index is 5.07. The Labute approximate surface area is 61.3 Å². The van der Waals surface area contributed by atoms with E-state index in [0.717, 1.165) is 16.9 Å². The normalized spacial score (nSPS) is 19.1. The minimum atomic E-state index is 0.953. The van der Waals surface area contributed by atoms with E-state index in [9.17, 15) is 0 Å². The summed E-state index contributed by atoms with van der Waals surface area (Å²) >= 11 is 5.07. The maximum Gasteiger partial charge on any atom is 0.0228 e. The predicted octanol–water partition coefficient (Wildman–Crippen LogP) is 2.46. The zero-order valence-electron chi connectivity index (χ0n) is 5.69. The summed E-state index contributed by atoms with van der Waals surface area (Å²) in [6.07, 6.45) is 6.05. The van der Waals surface area contributed by atoms with Crippen molar-refractivity contribution in [3.63, 3.8) is 0 Å². The summed E-state index contributed by atoms with van der Waals surface area (Å²) in [7, 11) is 0. The molecule has 1 aliphatic carbocycles. The number of hydrogen-bond acceptors (Lipinski definition) is 1. The largest absolute Gasteiger partial charge is 0.0843 e. The molecule has 0 aromatic carbocycles. The van der Waals surface area contributed by atoms with Gasteiger partial charge in [0.2, 0.25) is 0 Å². The average molecular weight is 137 g/mol. The van der Waals surface area contributed by atoms with E-state index in [0.29, 0.717) is 0 Å². The van der Waals surface area contributed by atoms with Gasteiger partial charge in [0, 0.05) is 11.3 Å². The van der Waals surface area contributed by atoms with Crippen molar-refractivity contribution in [1.29, 1.82) is 0 Å². The molecule has 9 heavy (non-hydrogen) atoms. The fourth-order valence-electron chi connectivity index (χ4n) is 0.749. The monoisotopic (exact) mass is 137 g/mol. The van der Waals surface area contributed by atoms with Crippen LogP contribution in [0.2, 0.25) is 0 Å². The first-order valence-corrected chi connectivity index (χ1v) is 3.40. The molecule has 1 radical (unpaired) electrons. The Balaban J connectivity index is 2.86. The van der Waals surface area contributed by atoms with Crippen LogP contribution < -0.4 is 0 Å². The summed E-state index contributed by atoms with van der Waals surface area (Å²) in [6.45, 7) is 4.08. The van der Waals surface area contributed by atoms with Gasteiger partial charge in [0.25, 0.3) is 0 Å². The summed E-state index contributed by atoms with van der Waals surface area (Å²) < 4.78 is 0. The third-order valence-electron chi connectivity index (χ3n) is 1.39. The van der Waals surface area contributed by atoms with Crippen LogP contribution in [0.5, 0.6) is 0 Å². The first-order chi connectivity index (χ1) is 4.20. The lowest BCUT2D eigenvalue weighted by Crippen LogP contribution is -2.00. The van der Waals surface area contributed by atoms with E-state index in [1.54, 1.807) is 0 Å². The van der Waals surface area contributed by atoms with Crippen molar-refractivity contribution in [3.05, 3.63) is 23.3 Å². The van der Waals surface area contributed by atoms with Gasteiger partial charge in [0.15, 0.2) is 0 Å². The van der Waals surface area contributed by atoms with Gasteiger partial charge in [-0.3, -0.25) is 0 Å². The first kappa shape index (κ1) is 6.69. The quantitative estimate of drug-likeness (QED) is 0.462. The summed E-state index contributed by atoms with van der Waals surface area (Å²) in [4.78, 5) is 1.04. The molecular formula is C8H9S. The summed E-state index contributed by atoms with van der Waals surface area (Å²) in [5.74, 6) is 0. The van der Waals surface area contributed by atoms with Crippen molar-refractivity contribution in [3.8, 4) is 0 Å². The summed E-state index contributed by atoms with van der Waals surface area (Å²) in [5, 5.41) is 0. The van der Waals surface area contributed by atoms with Crippen LogP contribution in [0.1, 0.15) is 20.3 Å². The van der Waals surface area contributed by atoms with Gasteiger partial charge in [-0.15, -0.1) is 0 Å². The molecule has 1 rings (SSSR count). The van der Waals surface area contributed by atoms with E-state index in [1.165, 1.54) is 5.57 Å². The smallest absolute Gasteiger partial charge is 0.0228 e. The molecule has 0 saturated heterocycles. The first-order valence-electron chi connectivity index (χ1n) is 2.99. The van der Waals surface area contributed by atoms with Crippen molar-refractivity contribution in [2.75, 3.05) is 0 Å². The fourth-order valence-corrected chi connectivity index (χ4v) is 1.04. The molecule has 0 heterocycles. The highest BCUT2D eigenvalue weighted by Gasteiger charge is 2.03.